The molecule has 2 aliphatic rings. The van der Waals surface area contributed by atoms with Gasteiger partial charge in [0.15, 0.2) is 5.60 Å². The van der Waals surface area contributed by atoms with Gasteiger partial charge in [-0.15, -0.1) is 0 Å². The molecule has 0 saturated heterocycles. The van der Waals surface area contributed by atoms with Crippen LogP contribution in [-0.4, -0.2) is 20.6 Å². The quantitative estimate of drug-likeness (QED) is 0.530. The number of fused-ring (bicyclic) bond motifs is 5. The third kappa shape index (κ3) is 1.82. The highest BCUT2D eigenvalue weighted by atomic mass is 16.6. The number of carbonyl (C=O) groups excluding carboxylic acids is 1. The number of benzene rings is 1. The van der Waals surface area contributed by atoms with Crippen LogP contribution >= 0.6 is 0 Å². The molecule has 0 spiro atoms. The molecule has 6 heteroatoms. The Labute approximate surface area is 155 Å². The van der Waals surface area contributed by atoms with Crippen LogP contribution in [0.15, 0.2) is 41.2 Å². The molecule has 1 N–H and O–H groups in total. The van der Waals surface area contributed by atoms with E-state index >= 15 is 0 Å². The lowest BCUT2D eigenvalue weighted by Crippen LogP contribution is -2.44. The predicted molar refractivity (Wildman–Crippen MR) is 94.5 cm³/mol. The van der Waals surface area contributed by atoms with Crippen molar-refractivity contribution < 1.29 is 21.5 Å². The fourth-order valence-electron chi connectivity index (χ4n) is 3.65. The number of para-hydroxylation sites is 1. The van der Waals surface area contributed by atoms with Crippen molar-refractivity contribution in [3.05, 3.63) is 63.4 Å². The van der Waals surface area contributed by atoms with Gasteiger partial charge >= 0.3 is 5.97 Å². The Morgan fingerprint density at radius 3 is 3.08 bits per heavy atom. The summed E-state index contributed by atoms with van der Waals surface area (Å²) < 4.78 is 45.0. The van der Waals surface area contributed by atoms with Crippen molar-refractivity contribution in [2.45, 2.75) is 32.0 Å². The molecule has 1 atom stereocenters. The fourth-order valence-corrected chi connectivity index (χ4v) is 3.65. The van der Waals surface area contributed by atoms with Gasteiger partial charge in [0, 0.05) is 23.4 Å². The summed E-state index contributed by atoms with van der Waals surface area (Å²) in [5.74, 6) is -1.45. The standard InChI is InChI=1S/C20H16N2O4/c1-2-20(25)14-8-16-17-12(7-11-5-3-4-6-15(11)21-17)9-22(16)18(23)13(14)10-26-19(20)24/h3-8,25H,2,9-10H2,1H3/t20-/m0/s1/i1D3,2D2. The summed E-state index contributed by atoms with van der Waals surface area (Å²) in [6.07, 6.45) is -3.41. The summed E-state index contributed by atoms with van der Waals surface area (Å²) >= 11 is 0. The molecule has 0 bridgehead atoms. The van der Waals surface area contributed by atoms with E-state index in [4.69, 9.17) is 11.6 Å². The van der Waals surface area contributed by atoms with Crippen LogP contribution in [0.2, 0.25) is 0 Å². The fraction of sp³-hybridized carbons (Fsp3) is 0.250. The Morgan fingerprint density at radius 2 is 2.23 bits per heavy atom. The highest BCUT2D eigenvalue weighted by molar-refractivity contribution is 5.86. The third-order valence-corrected chi connectivity index (χ3v) is 4.99. The molecule has 1 aromatic carbocycles. The summed E-state index contributed by atoms with van der Waals surface area (Å²) in [5, 5.41) is 12.0. The van der Waals surface area contributed by atoms with Crippen LogP contribution in [0.4, 0.5) is 0 Å². The number of aromatic nitrogens is 2. The van der Waals surface area contributed by atoms with Crippen LogP contribution in [0, 0.1) is 0 Å². The van der Waals surface area contributed by atoms with Gasteiger partial charge in [0.1, 0.15) is 6.61 Å². The summed E-state index contributed by atoms with van der Waals surface area (Å²) in [4.78, 5) is 30.3. The molecule has 5 rings (SSSR count). The summed E-state index contributed by atoms with van der Waals surface area (Å²) in [6.45, 7) is -3.65. The zero-order chi connectivity index (χ0) is 22.3. The van der Waals surface area contributed by atoms with Crippen LogP contribution in [0.5, 0.6) is 0 Å². The zero-order valence-electron chi connectivity index (χ0n) is 18.4. The summed E-state index contributed by atoms with van der Waals surface area (Å²) in [6, 6.07) is 10.5. The zero-order valence-corrected chi connectivity index (χ0v) is 13.4. The lowest BCUT2D eigenvalue weighted by molar-refractivity contribution is -0.172. The number of esters is 1. The Hall–Kier alpha value is -2.99. The van der Waals surface area contributed by atoms with Crippen LogP contribution in [0.25, 0.3) is 22.3 Å². The molecule has 2 aliphatic heterocycles. The van der Waals surface area contributed by atoms with Gasteiger partial charge in [0.05, 0.1) is 29.0 Å². The highest BCUT2D eigenvalue weighted by Crippen LogP contribution is 2.38. The topological polar surface area (TPSA) is 81.4 Å². The maximum absolute atomic E-state index is 13.2. The first kappa shape index (κ1) is 10.9. The van der Waals surface area contributed by atoms with Gasteiger partial charge in [-0.05, 0) is 24.6 Å². The van der Waals surface area contributed by atoms with E-state index in [9.17, 15) is 14.7 Å². The Kier molecular flexibility index (Phi) is 2.10. The molecule has 0 radical (unpaired) electrons. The van der Waals surface area contributed by atoms with E-state index < -0.39 is 42.5 Å². The van der Waals surface area contributed by atoms with Gasteiger partial charge in [-0.3, -0.25) is 4.79 Å². The number of rotatable bonds is 1. The highest BCUT2D eigenvalue weighted by Gasteiger charge is 2.45. The minimum Gasteiger partial charge on any atom is -0.458 e. The molecule has 0 saturated carbocycles. The number of nitrogens with zero attached hydrogens (tertiary/aromatic N) is 2. The first-order valence-electron chi connectivity index (χ1n) is 10.5. The molecule has 130 valence electrons. The van der Waals surface area contributed by atoms with Crippen molar-refractivity contribution in [1.29, 1.82) is 0 Å². The van der Waals surface area contributed by atoms with E-state index in [1.165, 1.54) is 10.6 Å². The molecule has 0 amide bonds. The van der Waals surface area contributed by atoms with Gasteiger partial charge < -0.3 is 14.4 Å². The van der Waals surface area contributed by atoms with Crippen molar-refractivity contribution in [2.24, 2.45) is 0 Å². The maximum Gasteiger partial charge on any atom is 0.343 e. The van der Waals surface area contributed by atoms with Crippen molar-refractivity contribution in [1.82, 2.24) is 9.55 Å². The van der Waals surface area contributed by atoms with Crippen molar-refractivity contribution in [3.63, 3.8) is 0 Å². The average Bonchev–Trinajstić information content (AvgIpc) is 3.06. The number of hydrogen-bond donors (Lipinski definition) is 1. The lowest BCUT2D eigenvalue weighted by atomic mass is 9.86. The number of hydrogen-bond acceptors (Lipinski definition) is 5. The number of ether oxygens (including phenoxy) is 1. The number of aliphatic hydroxyl groups is 1. The number of cyclic esters (lactones) is 1. The third-order valence-electron chi connectivity index (χ3n) is 4.99. The predicted octanol–water partition coefficient (Wildman–Crippen LogP) is 2.08. The lowest BCUT2D eigenvalue weighted by Gasteiger charge is -2.31. The second-order valence-corrected chi connectivity index (χ2v) is 6.41. The summed E-state index contributed by atoms with van der Waals surface area (Å²) in [7, 11) is 0. The van der Waals surface area contributed by atoms with E-state index in [0.717, 1.165) is 10.9 Å². The van der Waals surface area contributed by atoms with E-state index in [-0.39, 0.29) is 17.8 Å². The first-order valence-corrected chi connectivity index (χ1v) is 8.02. The smallest absolute Gasteiger partial charge is 0.343 e. The van der Waals surface area contributed by atoms with Gasteiger partial charge in [-0.1, -0.05) is 25.1 Å². The second-order valence-electron chi connectivity index (χ2n) is 6.41. The molecule has 3 aromatic rings. The van der Waals surface area contributed by atoms with E-state index in [1.807, 2.05) is 24.3 Å². The molecule has 0 fully saturated rings. The SMILES string of the molecule is [2H]C([2H])([2H])C([2H])([2H])[C@@]1(O)C(=O)OCc2c1cc1n(c2=O)Cc2cc3ccccc3nc2-1. The molecule has 4 heterocycles. The minimum absolute atomic E-state index is 0.156. The summed E-state index contributed by atoms with van der Waals surface area (Å²) in [5.41, 5.74) is -2.18. The molecule has 0 aliphatic carbocycles. The Balaban J connectivity index is 1.81. The van der Waals surface area contributed by atoms with Gasteiger partial charge in [0.25, 0.3) is 5.56 Å². The molecule has 0 unspecified atom stereocenters. The molecule has 26 heavy (non-hydrogen) atoms. The van der Waals surface area contributed by atoms with E-state index in [2.05, 4.69) is 4.98 Å². The second kappa shape index (κ2) is 5.02. The first-order chi connectivity index (χ1) is 14.5. The monoisotopic (exact) mass is 353 g/mol. The van der Waals surface area contributed by atoms with Crippen LogP contribution in [-0.2, 0) is 28.3 Å². The van der Waals surface area contributed by atoms with Crippen LogP contribution < -0.4 is 5.56 Å². The normalized spacial score (nSPS) is 24.3. The number of carbonyl (C=O) groups is 1. The van der Waals surface area contributed by atoms with Crippen LogP contribution in [0.1, 0.15) is 36.8 Å². The molecular formula is C20H16N2O4. The van der Waals surface area contributed by atoms with Crippen molar-refractivity contribution in [3.8, 4) is 11.4 Å². The molecule has 6 nitrogen and oxygen atoms in total. The van der Waals surface area contributed by atoms with E-state index in [0.29, 0.717) is 11.2 Å². The maximum atomic E-state index is 13.2. The Morgan fingerprint density at radius 1 is 1.38 bits per heavy atom. The number of pyridine rings is 2. The van der Waals surface area contributed by atoms with Crippen molar-refractivity contribution >= 4 is 16.9 Å². The minimum atomic E-state index is -3.41. The Bertz CT molecular complexity index is 1350. The average molecular weight is 353 g/mol. The van der Waals surface area contributed by atoms with Gasteiger partial charge in [-0.25, -0.2) is 9.78 Å². The van der Waals surface area contributed by atoms with Crippen molar-refractivity contribution in [2.75, 3.05) is 0 Å². The largest absolute Gasteiger partial charge is 0.458 e. The van der Waals surface area contributed by atoms with Crippen LogP contribution in [0.3, 0.4) is 0 Å². The van der Waals surface area contributed by atoms with Gasteiger partial charge in [-0.2, -0.15) is 0 Å². The van der Waals surface area contributed by atoms with E-state index in [1.54, 1.807) is 6.07 Å². The molecular weight excluding hydrogens is 332 g/mol. The molecule has 2 aromatic heterocycles. The van der Waals surface area contributed by atoms with Gasteiger partial charge in [0.2, 0.25) is 0 Å².